The number of nitrogens with one attached hydrogen (secondary N) is 1. The van der Waals surface area contributed by atoms with Gasteiger partial charge in [0.25, 0.3) is 5.91 Å². The summed E-state index contributed by atoms with van der Waals surface area (Å²) in [5.41, 5.74) is 0.115. The first-order valence-corrected chi connectivity index (χ1v) is 7.95. The second-order valence-corrected chi connectivity index (χ2v) is 6.41. The summed E-state index contributed by atoms with van der Waals surface area (Å²) >= 11 is 7.31. The fraction of sp³-hybridized carbons (Fsp3) is 0.615. The van der Waals surface area contributed by atoms with Gasteiger partial charge in [-0.25, -0.2) is 9.97 Å². The van der Waals surface area contributed by atoms with E-state index < -0.39 is 0 Å². The Labute approximate surface area is 128 Å². The third-order valence-electron chi connectivity index (χ3n) is 2.86. The molecule has 112 valence electrons. The van der Waals surface area contributed by atoms with E-state index in [1.807, 2.05) is 20.1 Å². The molecule has 0 unspecified atom stereocenters. The van der Waals surface area contributed by atoms with Crippen molar-refractivity contribution in [2.24, 2.45) is 5.41 Å². The minimum absolute atomic E-state index is 0.0831. The molecule has 0 radical (unpaired) electrons. The summed E-state index contributed by atoms with van der Waals surface area (Å²) in [6, 6.07) is 0. The quantitative estimate of drug-likeness (QED) is 0.596. The van der Waals surface area contributed by atoms with Crippen LogP contribution >= 0.6 is 23.4 Å². The maximum absolute atomic E-state index is 12.1. The molecule has 0 fully saturated rings. The maximum atomic E-state index is 12.1. The van der Waals surface area contributed by atoms with Crippen molar-refractivity contribution in [1.29, 1.82) is 0 Å². The first-order chi connectivity index (χ1) is 9.39. The van der Waals surface area contributed by atoms with Crippen molar-refractivity contribution in [2.45, 2.75) is 31.8 Å². The molecule has 0 aliphatic carbocycles. The van der Waals surface area contributed by atoms with Gasteiger partial charge in [0.15, 0.2) is 10.9 Å². The summed E-state index contributed by atoms with van der Waals surface area (Å²) < 4.78 is 0. The SMILES string of the molecule is CSc1ncc(Cl)c(C(=O)NCC(C)(C)CCCO)n1. The molecular weight excluding hydrogens is 298 g/mol. The van der Waals surface area contributed by atoms with Gasteiger partial charge in [-0.05, 0) is 24.5 Å². The number of aliphatic hydroxyl groups is 1. The molecule has 2 N–H and O–H groups in total. The van der Waals surface area contributed by atoms with E-state index in [0.717, 1.165) is 6.42 Å². The topological polar surface area (TPSA) is 75.1 Å². The van der Waals surface area contributed by atoms with E-state index in [4.69, 9.17) is 16.7 Å². The first kappa shape index (κ1) is 17.2. The molecule has 20 heavy (non-hydrogen) atoms. The van der Waals surface area contributed by atoms with Crippen LogP contribution in [0.1, 0.15) is 37.2 Å². The van der Waals surface area contributed by atoms with Crippen molar-refractivity contribution < 1.29 is 9.90 Å². The van der Waals surface area contributed by atoms with Gasteiger partial charge < -0.3 is 10.4 Å². The molecule has 1 rings (SSSR count). The van der Waals surface area contributed by atoms with Gasteiger partial charge in [-0.1, -0.05) is 37.2 Å². The van der Waals surface area contributed by atoms with Crippen molar-refractivity contribution in [3.05, 3.63) is 16.9 Å². The van der Waals surface area contributed by atoms with Crippen LogP contribution in [0.3, 0.4) is 0 Å². The predicted octanol–water partition coefficient (Wildman–Crippen LogP) is 2.38. The highest BCUT2D eigenvalue weighted by molar-refractivity contribution is 7.98. The minimum Gasteiger partial charge on any atom is -0.396 e. The summed E-state index contributed by atoms with van der Waals surface area (Å²) in [5.74, 6) is -0.301. The van der Waals surface area contributed by atoms with Gasteiger partial charge in [0.05, 0.1) is 11.2 Å². The van der Waals surface area contributed by atoms with Crippen LogP contribution < -0.4 is 5.32 Å². The van der Waals surface area contributed by atoms with E-state index in [1.54, 1.807) is 0 Å². The smallest absolute Gasteiger partial charge is 0.271 e. The van der Waals surface area contributed by atoms with Crippen molar-refractivity contribution in [2.75, 3.05) is 19.4 Å². The number of thioether (sulfide) groups is 1. The summed E-state index contributed by atoms with van der Waals surface area (Å²) in [7, 11) is 0. The number of halogens is 1. The highest BCUT2D eigenvalue weighted by Crippen LogP contribution is 2.21. The number of carbonyl (C=O) groups is 1. The lowest BCUT2D eigenvalue weighted by molar-refractivity contribution is 0.0927. The summed E-state index contributed by atoms with van der Waals surface area (Å²) in [5, 5.41) is 12.4. The Morgan fingerprint density at radius 1 is 1.55 bits per heavy atom. The van der Waals surface area contributed by atoms with E-state index in [-0.39, 0.29) is 28.6 Å². The third kappa shape index (κ3) is 5.26. The van der Waals surface area contributed by atoms with E-state index in [0.29, 0.717) is 18.1 Å². The monoisotopic (exact) mass is 317 g/mol. The fourth-order valence-electron chi connectivity index (χ4n) is 1.66. The van der Waals surface area contributed by atoms with Crippen LogP contribution in [-0.2, 0) is 0 Å². The number of hydrogen-bond acceptors (Lipinski definition) is 5. The Balaban J connectivity index is 2.67. The first-order valence-electron chi connectivity index (χ1n) is 6.35. The van der Waals surface area contributed by atoms with E-state index >= 15 is 0 Å². The van der Waals surface area contributed by atoms with E-state index in [9.17, 15) is 4.79 Å². The Kier molecular flexibility index (Phi) is 6.71. The van der Waals surface area contributed by atoms with Crippen molar-refractivity contribution in [3.8, 4) is 0 Å². The Hall–Kier alpha value is -0.850. The van der Waals surface area contributed by atoms with Crippen LogP contribution in [0.2, 0.25) is 5.02 Å². The second-order valence-electron chi connectivity index (χ2n) is 5.23. The van der Waals surface area contributed by atoms with Gasteiger partial charge >= 0.3 is 0 Å². The molecule has 0 aromatic carbocycles. The molecule has 1 aromatic rings. The lowest BCUT2D eigenvalue weighted by Gasteiger charge is -2.24. The zero-order chi connectivity index (χ0) is 15.2. The van der Waals surface area contributed by atoms with Gasteiger partial charge in [0, 0.05) is 13.2 Å². The summed E-state index contributed by atoms with van der Waals surface area (Å²) in [4.78, 5) is 20.2. The molecule has 5 nitrogen and oxygen atoms in total. The van der Waals surface area contributed by atoms with E-state index in [1.165, 1.54) is 18.0 Å². The van der Waals surface area contributed by atoms with Gasteiger partial charge in [0.1, 0.15) is 0 Å². The van der Waals surface area contributed by atoms with Crippen LogP contribution in [0.15, 0.2) is 11.4 Å². The van der Waals surface area contributed by atoms with Crippen LogP contribution in [0.25, 0.3) is 0 Å². The number of amides is 1. The van der Waals surface area contributed by atoms with Gasteiger partial charge in [-0.3, -0.25) is 4.79 Å². The standard InChI is InChI=1S/C13H20ClN3O2S/c1-13(2,5-4-6-18)8-16-11(19)10-9(14)7-15-12(17-10)20-3/h7,18H,4-6,8H2,1-3H3,(H,16,19). The summed E-state index contributed by atoms with van der Waals surface area (Å²) in [6.07, 6.45) is 4.82. The van der Waals surface area contributed by atoms with Gasteiger partial charge in [-0.2, -0.15) is 0 Å². The molecule has 1 amide bonds. The van der Waals surface area contributed by atoms with Crippen LogP contribution in [0.4, 0.5) is 0 Å². The number of aromatic nitrogens is 2. The fourth-order valence-corrected chi connectivity index (χ4v) is 2.18. The average molecular weight is 318 g/mol. The maximum Gasteiger partial charge on any atom is 0.271 e. The van der Waals surface area contributed by atoms with Crippen molar-refractivity contribution >= 4 is 29.3 Å². The number of nitrogens with zero attached hydrogens (tertiary/aromatic N) is 2. The number of hydrogen-bond donors (Lipinski definition) is 2. The van der Waals surface area contributed by atoms with Crippen molar-refractivity contribution in [1.82, 2.24) is 15.3 Å². The number of rotatable bonds is 7. The molecule has 0 atom stereocenters. The zero-order valence-electron chi connectivity index (χ0n) is 11.9. The van der Waals surface area contributed by atoms with Crippen molar-refractivity contribution in [3.63, 3.8) is 0 Å². The molecule has 0 aliphatic rings. The minimum atomic E-state index is -0.301. The highest BCUT2D eigenvalue weighted by Gasteiger charge is 2.20. The number of carbonyl (C=O) groups excluding carboxylic acids is 1. The molecule has 7 heteroatoms. The molecular formula is C13H20ClN3O2S. The largest absolute Gasteiger partial charge is 0.396 e. The Bertz CT molecular complexity index is 469. The second kappa shape index (κ2) is 7.81. The lowest BCUT2D eigenvalue weighted by Crippen LogP contribution is -2.34. The Morgan fingerprint density at radius 2 is 2.25 bits per heavy atom. The summed E-state index contributed by atoms with van der Waals surface area (Å²) in [6.45, 7) is 4.74. The third-order valence-corrected chi connectivity index (χ3v) is 3.70. The number of aliphatic hydroxyl groups excluding tert-OH is 1. The van der Waals surface area contributed by atoms with Crippen LogP contribution in [0, 0.1) is 5.41 Å². The molecule has 0 saturated carbocycles. The highest BCUT2D eigenvalue weighted by atomic mass is 35.5. The average Bonchev–Trinajstić information content (AvgIpc) is 2.43. The van der Waals surface area contributed by atoms with E-state index in [2.05, 4.69) is 15.3 Å². The van der Waals surface area contributed by atoms with Crippen LogP contribution in [0.5, 0.6) is 0 Å². The van der Waals surface area contributed by atoms with Crippen LogP contribution in [-0.4, -0.2) is 40.4 Å². The van der Waals surface area contributed by atoms with Gasteiger partial charge in [-0.15, -0.1) is 0 Å². The molecule has 0 bridgehead atoms. The molecule has 1 aromatic heterocycles. The zero-order valence-corrected chi connectivity index (χ0v) is 13.5. The molecule has 0 spiro atoms. The molecule has 0 saturated heterocycles. The molecule has 0 aliphatic heterocycles. The van der Waals surface area contributed by atoms with Gasteiger partial charge in [0.2, 0.25) is 0 Å². The normalized spacial score (nSPS) is 11.4. The predicted molar refractivity (Wildman–Crippen MR) is 81.3 cm³/mol. The molecule has 1 heterocycles. The lowest BCUT2D eigenvalue weighted by atomic mass is 9.88. The Morgan fingerprint density at radius 3 is 2.85 bits per heavy atom.